The van der Waals surface area contributed by atoms with E-state index in [0.717, 1.165) is 15.9 Å². The zero-order valence-electron chi connectivity index (χ0n) is 11.7. The Morgan fingerprint density at radius 2 is 2.32 bits per heavy atom. The smallest absolute Gasteiger partial charge is 0.261 e. The average Bonchev–Trinajstić information content (AvgIpc) is 3.04. The third-order valence-electron chi connectivity index (χ3n) is 3.31. The van der Waals surface area contributed by atoms with Gasteiger partial charge in [0.25, 0.3) is 5.91 Å². The summed E-state index contributed by atoms with van der Waals surface area (Å²) in [5.41, 5.74) is 0. The van der Waals surface area contributed by atoms with Gasteiger partial charge in [0, 0.05) is 24.7 Å². The SMILES string of the molecule is Cn1c(CCNC(=O)c2cc3cc(F)ccc3s2)n[nH]c1=S. The maximum absolute atomic E-state index is 13.2. The maximum atomic E-state index is 13.2. The van der Waals surface area contributed by atoms with Gasteiger partial charge in [-0.3, -0.25) is 9.89 Å². The molecule has 1 amide bonds. The highest BCUT2D eigenvalue weighted by Crippen LogP contribution is 2.26. The summed E-state index contributed by atoms with van der Waals surface area (Å²) in [6, 6.07) is 6.21. The molecule has 22 heavy (non-hydrogen) atoms. The van der Waals surface area contributed by atoms with Gasteiger partial charge in [-0.1, -0.05) is 0 Å². The largest absolute Gasteiger partial charge is 0.351 e. The van der Waals surface area contributed by atoms with E-state index >= 15 is 0 Å². The van der Waals surface area contributed by atoms with Gasteiger partial charge in [0.05, 0.1) is 4.88 Å². The summed E-state index contributed by atoms with van der Waals surface area (Å²) in [4.78, 5) is 12.7. The molecule has 8 heteroatoms. The first-order valence-corrected chi connectivity index (χ1v) is 7.84. The summed E-state index contributed by atoms with van der Waals surface area (Å²) in [6.07, 6.45) is 0.578. The van der Waals surface area contributed by atoms with Crippen LogP contribution in [0.25, 0.3) is 10.1 Å². The molecule has 0 fully saturated rings. The van der Waals surface area contributed by atoms with Crippen molar-refractivity contribution in [1.29, 1.82) is 0 Å². The third-order valence-corrected chi connectivity index (χ3v) is 4.79. The number of nitrogens with one attached hydrogen (secondary N) is 2. The van der Waals surface area contributed by atoms with Gasteiger partial charge in [-0.15, -0.1) is 11.3 Å². The third kappa shape index (κ3) is 2.93. The summed E-state index contributed by atoms with van der Waals surface area (Å²) in [6.45, 7) is 0.453. The molecule has 2 heterocycles. The lowest BCUT2D eigenvalue weighted by atomic mass is 10.2. The minimum atomic E-state index is -0.303. The fourth-order valence-electron chi connectivity index (χ4n) is 2.10. The van der Waals surface area contributed by atoms with Crippen LogP contribution < -0.4 is 5.32 Å². The van der Waals surface area contributed by atoms with E-state index in [1.165, 1.54) is 23.5 Å². The first-order chi connectivity index (χ1) is 10.5. The summed E-state index contributed by atoms with van der Waals surface area (Å²) in [7, 11) is 1.82. The van der Waals surface area contributed by atoms with Gasteiger partial charge in [-0.2, -0.15) is 5.10 Å². The van der Waals surface area contributed by atoms with Crippen LogP contribution in [0.2, 0.25) is 0 Å². The summed E-state index contributed by atoms with van der Waals surface area (Å²) in [5.74, 6) is 0.310. The normalized spacial score (nSPS) is 11.0. The number of carbonyl (C=O) groups excluding carboxylic acids is 1. The first-order valence-electron chi connectivity index (χ1n) is 6.62. The molecule has 0 radical (unpaired) electrons. The van der Waals surface area contributed by atoms with Gasteiger partial charge in [0.2, 0.25) is 0 Å². The van der Waals surface area contributed by atoms with E-state index in [2.05, 4.69) is 15.5 Å². The van der Waals surface area contributed by atoms with Crippen LogP contribution in [0.4, 0.5) is 4.39 Å². The highest BCUT2D eigenvalue weighted by molar-refractivity contribution is 7.71. The van der Waals surface area contributed by atoms with Crippen LogP contribution in [0.15, 0.2) is 24.3 Å². The average molecular weight is 336 g/mol. The Labute approximate surface area is 134 Å². The van der Waals surface area contributed by atoms with Gasteiger partial charge >= 0.3 is 0 Å². The van der Waals surface area contributed by atoms with Crippen LogP contribution in [-0.4, -0.2) is 27.2 Å². The van der Waals surface area contributed by atoms with Crippen molar-refractivity contribution in [1.82, 2.24) is 20.1 Å². The first kappa shape index (κ1) is 14.9. The molecule has 0 atom stereocenters. The fraction of sp³-hybridized carbons (Fsp3) is 0.214. The number of halogens is 1. The maximum Gasteiger partial charge on any atom is 0.261 e. The highest BCUT2D eigenvalue weighted by atomic mass is 32.1. The number of nitrogens with zero attached hydrogens (tertiary/aromatic N) is 2. The Morgan fingerprint density at radius 3 is 3.05 bits per heavy atom. The second-order valence-corrected chi connectivity index (χ2v) is 6.27. The molecule has 2 N–H and O–H groups in total. The molecule has 0 bridgehead atoms. The molecule has 3 aromatic rings. The van der Waals surface area contributed by atoms with Crippen LogP contribution in [0.1, 0.15) is 15.5 Å². The van der Waals surface area contributed by atoms with E-state index < -0.39 is 0 Å². The second-order valence-electron chi connectivity index (χ2n) is 4.80. The van der Waals surface area contributed by atoms with Crippen molar-refractivity contribution in [2.45, 2.75) is 6.42 Å². The topological polar surface area (TPSA) is 62.7 Å². The van der Waals surface area contributed by atoms with Gasteiger partial charge in [-0.05, 0) is 41.9 Å². The molecule has 0 saturated carbocycles. The van der Waals surface area contributed by atoms with Gasteiger partial charge in [-0.25, -0.2) is 4.39 Å². The van der Waals surface area contributed by atoms with E-state index in [1.807, 2.05) is 7.05 Å². The predicted molar refractivity (Wildman–Crippen MR) is 86.2 cm³/mol. The number of hydrogen-bond acceptors (Lipinski definition) is 4. The zero-order chi connectivity index (χ0) is 15.7. The molecule has 0 unspecified atom stereocenters. The van der Waals surface area contributed by atoms with Gasteiger partial charge in [0.15, 0.2) is 4.77 Å². The molecule has 1 aromatic carbocycles. The van der Waals surface area contributed by atoms with Crippen molar-refractivity contribution in [2.75, 3.05) is 6.54 Å². The van der Waals surface area contributed by atoms with Crippen molar-refractivity contribution in [2.24, 2.45) is 7.05 Å². The Balaban J connectivity index is 1.66. The van der Waals surface area contributed by atoms with Crippen LogP contribution in [-0.2, 0) is 13.5 Å². The molecular formula is C14H13FN4OS2. The van der Waals surface area contributed by atoms with E-state index in [1.54, 1.807) is 16.7 Å². The molecule has 0 saturated heterocycles. The van der Waals surface area contributed by atoms with E-state index in [4.69, 9.17) is 12.2 Å². The summed E-state index contributed by atoms with van der Waals surface area (Å²) >= 11 is 6.37. The van der Waals surface area contributed by atoms with E-state index in [-0.39, 0.29) is 11.7 Å². The fourth-order valence-corrected chi connectivity index (χ4v) is 3.21. The number of thiophene rings is 1. The highest BCUT2D eigenvalue weighted by Gasteiger charge is 2.11. The van der Waals surface area contributed by atoms with Crippen molar-refractivity contribution in [3.63, 3.8) is 0 Å². The molecule has 0 spiro atoms. The van der Waals surface area contributed by atoms with Crippen LogP contribution in [0, 0.1) is 10.6 Å². The van der Waals surface area contributed by atoms with Gasteiger partial charge in [0.1, 0.15) is 11.6 Å². The number of hydrogen-bond donors (Lipinski definition) is 2. The van der Waals surface area contributed by atoms with Crippen LogP contribution >= 0.6 is 23.6 Å². The Kier molecular flexibility index (Phi) is 4.04. The molecule has 114 valence electrons. The number of fused-ring (bicyclic) bond motifs is 1. The lowest BCUT2D eigenvalue weighted by Crippen LogP contribution is -2.25. The number of benzene rings is 1. The van der Waals surface area contributed by atoms with Crippen molar-refractivity contribution >= 4 is 39.5 Å². The Morgan fingerprint density at radius 1 is 1.50 bits per heavy atom. The molecule has 5 nitrogen and oxygen atoms in total. The Hall–Kier alpha value is -2.06. The van der Waals surface area contributed by atoms with Crippen LogP contribution in [0.5, 0.6) is 0 Å². The molecular weight excluding hydrogens is 323 g/mol. The molecule has 0 aliphatic rings. The molecule has 3 rings (SSSR count). The number of amides is 1. The second kappa shape index (κ2) is 5.98. The van der Waals surface area contributed by atoms with Crippen molar-refractivity contribution in [3.8, 4) is 0 Å². The van der Waals surface area contributed by atoms with E-state index in [0.29, 0.717) is 22.6 Å². The lowest BCUT2D eigenvalue weighted by Gasteiger charge is -2.03. The summed E-state index contributed by atoms with van der Waals surface area (Å²) < 4.78 is 16.4. The number of carbonyl (C=O) groups is 1. The molecule has 0 aliphatic heterocycles. The standard InChI is InChI=1S/C14H13FN4OS2/c1-19-12(17-18-14(19)21)4-5-16-13(20)11-7-8-6-9(15)2-3-10(8)22-11/h2-3,6-7H,4-5H2,1H3,(H,16,20)(H,18,21). The van der Waals surface area contributed by atoms with Gasteiger partial charge < -0.3 is 9.88 Å². The van der Waals surface area contributed by atoms with Crippen LogP contribution in [0.3, 0.4) is 0 Å². The minimum Gasteiger partial charge on any atom is -0.351 e. The number of aromatic nitrogens is 3. The van der Waals surface area contributed by atoms with Crippen molar-refractivity contribution < 1.29 is 9.18 Å². The predicted octanol–water partition coefficient (Wildman–Crippen LogP) is 2.80. The number of rotatable bonds is 4. The molecule has 2 aromatic heterocycles. The Bertz CT molecular complexity index is 896. The summed E-state index contributed by atoms with van der Waals surface area (Å²) in [5, 5.41) is 10.4. The van der Waals surface area contributed by atoms with E-state index in [9.17, 15) is 9.18 Å². The molecule has 0 aliphatic carbocycles. The zero-order valence-corrected chi connectivity index (χ0v) is 13.4. The number of H-pyrrole nitrogens is 1. The monoisotopic (exact) mass is 336 g/mol. The number of aromatic amines is 1. The minimum absolute atomic E-state index is 0.168. The quantitative estimate of drug-likeness (QED) is 0.720. The lowest BCUT2D eigenvalue weighted by molar-refractivity contribution is 0.0958. The van der Waals surface area contributed by atoms with Crippen molar-refractivity contribution in [3.05, 3.63) is 45.6 Å².